The summed E-state index contributed by atoms with van der Waals surface area (Å²) in [5.74, 6) is 0. The second-order valence-electron chi connectivity index (χ2n) is 4.17. The molecule has 0 atom stereocenters. The van der Waals surface area contributed by atoms with E-state index < -0.39 is 0 Å². The second kappa shape index (κ2) is 2.84. The normalized spacial score (nSPS) is 18.8. The molecular weight excluding hydrogens is 224 g/mol. The fourth-order valence-electron chi connectivity index (χ4n) is 2.75. The van der Waals surface area contributed by atoms with Crippen molar-refractivity contribution in [1.29, 1.82) is 0 Å². The van der Waals surface area contributed by atoms with Crippen LogP contribution in [0.25, 0.3) is 0 Å². The summed E-state index contributed by atoms with van der Waals surface area (Å²) in [5, 5.41) is 0. The first-order chi connectivity index (χ1) is 6.36. The minimum atomic E-state index is 1.29. The number of fused-ring (bicyclic) bond motifs is 2. The molecule has 0 aromatic heterocycles. The SMILES string of the molecule is Brc1c2c(cc3c1CCC3)CCC2. The van der Waals surface area contributed by atoms with Gasteiger partial charge in [0.1, 0.15) is 0 Å². The van der Waals surface area contributed by atoms with E-state index in [2.05, 4.69) is 22.0 Å². The van der Waals surface area contributed by atoms with Crippen molar-refractivity contribution in [2.75, 3.05) is 0 Å². The van der Waals surface area contributed by atoms with Crippen LogP contribution < -0.4 is 0 Å². The number of hydrogen-bond donors (Lipinski definition) is 0. The predicted octanol–water partition coefficient (Wildman–Crippen LogP) is 3.43. The van der Waals surface area contributed by atoms with Gasteiger partial charge in [-0.25, -0.2) is 0 Å². The van der Waals surface area contributed by atoms with Crippen LogP contribution in [0.2, 0.25) is 0 Å². The first-order valence-electron chi connectivity index (χ1n) is 5.18. The van der Waals surface area contributed by atoms with Crippen molar-refractivity contribution in [3.8, 4) is 0 Å². The molecule has 1 heteroatoms. The molecule has 0 bridgehead atoms. The number of benzene rings is 1. The van der Waals surface area contributed by atoms with E-state index in [9.17, 15) is 0 Å². The van der Waals surface area contributed by atoms with Crippen LogP contribution in [0, 0.1) is 0 Å². The van der Waals surface area contributed by atoms with Crippen molar-refractivity contribution >= 4 is 15.9 Å². The third kappa shape index (κ3) is 1.10. The van der Waals surface area contributed by atoms with Crippen LogP contribution in [0.4, 0.5) is 0 Å². The highest BCUT2D eigenvalue weighted by molar-refractivity contribution is 9.10. The van der Waals surface area contributed by atoms with Gasteiger partial charge in [0.25, 0.3) is 0 Å². The van der Waals surface area contributed by atoms with E-state index in [1.54, 1.807) is 22.3 Å². The lowest BCUT2D eigenvalue weighted by Gasteiger charge is -2.08. The Bertz CT molecular complexity index is 334. The van der Waals surface area contributed by atoms with Crippen molar-refractivity contribution in [2.24, 2.45) is 0 Å². The predicted molar refractivity (Wildman–Crippen MR) is 58.2 cm³/mol. The standard InChI is InChI=1S/C12H13Br/c13-12-10-5-1-3-8(10)7-9-4-2-6-11(9)12/h7H,1-6H2. The van der Waals surface area contributed by atoms with Gasteiger partial charge in [-0.05, 0) is 60.8 Å². The maximum Gasteiger partial charge on any atom is 0.0244 e. The van der Waals surface area contributed by atoms with Gasteiger partial charge in [0.2, 0.25) is 0 Å². The fraction of sp³-hybridized carbons (Fsp3) is 0.500. The van der Waals surface area contributed by atoms with Crippen LogP contribution in [-0.2, 0) is 25.7 Å². The summed E-state index contributed by atoms with van der Waals surface area (Å²) in [5.41, 5.74) is 6.46. The molecule has 0 heterocycles. The fourth-order valence-corrected chi connectivity index (χ4v) is 3.65. The first-order valence-corrected chi connectivity index (χ1v) is 5.97. The van der Waals surface area contributed by atoms with Crippen LogP contribution in [0.1, 0.15) is 35.1 Å². The molecule has 13 heavy (non-hydrogen) atoms. The van der Waals surface area contributed by atoms with Crippen molar-refractivity contribution in [1.82, 2.24) is 0 Å². The van der Waals surface area contributed by atoms with Gasteiger partial charge in [-0.15, -0.1) is 0 Å². The van der Waals surface area contributed by atoms with Crippen LogP contribution in [-0.4, -0.2) is 0 Å². The molecule has 0 fully saturated rings. The van der Waals surface area contributed by atoms with Crippen molar-refractivity contribution < 1.29 is 0 Å². The Balaban J connectivity index is 2.26. The molecule has 1 aromatic rings. The van der Waals surface area contributed by atoms with Crippen molar-refractivity contribution in [2.45, 2.75) is 38.5 Å². The molecule has 2 aliphatic rings. The Labute approximate surface area is 87.5 Å². The average Bonchev–Trinajstić information content (AvgIpc) is 2.71. The molecule has 0 unspecified atom stereocenters. The third-order valence-electron chi connectivity index (χ3n) is 3.40. The molecular formula is C12H13Br. The number of aryl methyl sites for hydroxylation is 2. The Morgan fingerprint density at radius 3 is 1.92 bits per heavy atom. The molecule has 2 aliphatic carbocycles. The second-order valence-corrected chi connectivity index (χ2v) is 4.97. The van der Waals surface area contributed by atoms with Gasteiger partial charge in [0.05, 0.1) is 0 Å². The Hall–Kier alpha value is -0.300. The zero-order chi connectivity index (χ0) is 8.84. The molecule has 0 amide bonds. The van der Waals surface area contributed by atoms with E-state index in [1.165, 1.54) is 43.0 Å². The lowest BCUT2D eigenvalue weighted by molar-refractivity contribution is 0.895. The van der Waals surface area contributed by atoms with Crippen LogP contribution in [0.15, 0.2) is 10.5 Å². The summed E-state index contributed by atoms with van der Waals surface area (Å²) >= 11 is 3.78. The maximum atomic E-state index is 3.78. The zero-order valence-corrected chi connectivity index (χ0v) is 9.28. The van der Waals surface area contributed by atoms with E-state index >= 15 is 0 Å². The Morgan fingerprint density at radius 1 is 0.846 bits per heavy atom. The summed E-state index contributed by atoms with van der Waals surface area (Å²) in [4.78, 5) is 0. The lowest BCUT2D eigenvalue weighted by Crippen LogP contribution is -1.92. The monoisotopic (exact) mass is 236 g/mol. The zero-order valence-electron chi connectivity index (χ0n) is 7.70. The molecule has 0 radical (unpaired) electrons. The summed E-state index contributed by atoms with van der Waals surface area (Å²) < 4.78 is 1.45. The third-order valence-corrected chi connectivity index (χ3v) is 4.36. The van der Waals surface area contributed by atoms with Gasteiger partial charge in [-0.3, -0.25) is 0 Å². The molecule has 0 saturated carbocycles. The van der Waals surface area contributed by atoms with E-state index in [0.29, 0.717) is 0 Å². The number of halogens is 1. The molecule has 0 spiro atoms. The molecule has 0 saturated heterocycles. The van der Waals surface area contributed by atoms with E-state index in [4.69, 9.17) is 0 Å². The van der Waals surface area contributed by atoms with Gasteiger partial charge < -0.3 is 0 Å². The number of rotatable bonds is 0. The van der Waals surface area contributed by atoms with E-state index in [-0.39, 0.29) is 0 Å². The highest BCUT2D eigenvalue weighted by atomic mass is 79.9. The lowest BCUT2D eigenvalue weighted by atomic mass is 10.0. The minimum Gasteiger partial charge on any atom is -0.0552 e. The molecule has 0 aliphatic heterocycles. The number of hydrogen-bond acceptors (Lipinski definition) is 0. The van der Waals surface area contributed by atoms with E-state index in [0.717, 1.165) is 0 Å². The van der Waals surface area contributed by atoms with Gasteiger partial charge >= 0.3 is 0 Å². The summed E-state index contributed by atoms with van der Waals surface area (Å²) in [6.07, 6.45) is 7.92. The Morgan fingerprint density at radius 2 is 1.38 bits per heavy atom. The molecule has 0 N–H and O–H groups in total. The van der Waals surface area contributed by atoms with Gasteiger partial charge in [-0.1, -0.05) is 22.0 Å². The highest BCUT2D eigenvalue weighted by Gasteiger charge is 2.22. The molecule has 0 nitrogen and oxygen atoms in total. The first kappa shape index (κ1) is 8.05. The molecule has 68 valence electrons. The molecule has 1 aromatic carbocycles. The summed E-state index contributed by atoms with van der Waals surface area (Å²) in [6.45, 7) is 0. The quantitative estimate of drug-likeness (QED) is 0.648. The average molecular weight is 237 g/mol. The van der Waals surface area contributed by atoms with E-state index in [1.807, 2.05) is 0 Å². The largest absolute Gasteiger partial charge is 0.0552 e. The topological polar surface area (TPSA) is 0 Å². The van der Waals surface area contributed by atoms with Crippen molar-refractivity contribution in [3.63, 3.8) is 0 Å². The maximum absolute atomic E-state index is 3.78. The smallest absolute Gasteiger partial charge is 0.0244 e. The highest BCUT2D eigenvalue weighted by Crippen LogP contribution is 2.37. The van der Waals surface area contributed by atoms with Crippen LogP contribution in [0.3, 0.4) is 0 Å². The molecule has 3 rings (SSSR count). The summed E-state index contributed by atoms with van der Waals surface area (Å²) in [7, 11) is 0. The Kier molecular flexibility index (Phi) is 1.76. The van der Waals surface area contributed by atoms with Gasteiger partial charge in [-0.2, -0.15) is 0 Å². The van der Waals surface area contributed by atoms with Crippen molar-refractivity contribution in [3.05, 3.63) is 32.8 Å². The minimum absolute atomic E-state index is 1.29. The van der Waals surface area contributed by atoms with Crippen LogP contribution >= 0.6 is 15.9 Å². The summed E-state index contributed by atoms with van der Waals surface area (Å²) in [6, 6.07) is 2.47. The van der Waals surface area contributed by atoms with Crippen LogP contribution in [0.5, 0.6) is 0 Å². The van der Waals surface area contributed by atoms with Gasteiger partial charge in [0.15, 0.2) is 0 Å². The van der Waals surface area contributed by atoms with Gasteiger partial charge in [0, 0.05) is 4.47 Å².